The highest BCUT2D eigenvalue weighted by molar-refractivity contribution is 5.64. The maximum absolute atomic E-state index is 10.0. The molecule has 0 amide bonds. The van der Waals surface area contributed by atoms with Crippen LogP contribution in [0, 0.1) is 6.92 Å². The number of aliphatic hydroxyl groups is 1. The van der Waals surface area contributed by atoms with Crippen molar-refractivity contribution in [1.82, 2.24) is 14.7 Å². The number of hydrogen-bond acceptors (Lipinski definition) is 4. The summed E-state index contributed by atoms with van der Waals surface area (Å²) in [5.74, 6) is 0.739. The first-order valence-electron chi connectivity index (χ1n) is 8.92. The molecule has 0 saturated carbocycles. The highest BCUT2D eigenvalue weighted by atomic mass is 16.5. The Balaban J connectivity index is 1.62. The second-order valence-corrected chi connectivity index (χ2v) is 7.67. The largest absolute Gasteiger partial charge is 0.491 e. The number of aryl methyl sites for hydroxylation is 1. The number of aromatic nitrogens is 2. The molecule has 0 aliphatic rings. The normalized spacial score (nSPS) is 13.1. The Morgan fingerprint density at radius 3 is 2.58 bits per heavy atom. The summed E-state index contributed by atoms with van der Waals surface area (Å²) < 4.78 is 7.72. The molecule has 1 unspecified atom stereocenters. The number of hydrogen-bond donors (Lipinski definition) is 2. The number of nitrogens with one attached hydrogen (secondary N) is 1. The average Bonchev–Trinajstić information content (AvgIpc) is 3.04. The minimum Gasteiger partial charge on any atom is -0.491 e. The van der Waals surface area contributed by atoms with Gasteiger partial charge in [0.05, 0.1) is 5.69 Å². The molecule has 0 aliphatic carbocycles. The lowest BCUT2D eigenvalue weighted by Gasteiger charge is -2.22. The zero-order valence-electron chi connectivity index (χ0n) is 15.9. The average molecular weight is 353 g/mol. The molecule has 0 bridgehead atoms. The molecule has 0 saturated heterocycles. The molecular weight excluding hydrogens is 326 g/mol. The van der Waals surface area contributed by atoms with E-state index in [2.05, 4.69) is 39.1 Å². The number of fused-ring (bicyclic) bond motifs is 1. The van der Waals surface area contributed by atoms with Crippen molar-refractivity contribution >= 4 is 5.65 Å². The van der Waals surface area contributed by atoms with Crippen LogP contribution in [0.5, 0.6) is 5.75 Å². The lowest BCUT2D eigenvalue weighted by atomic mass is 10.1. The molecule has 3 aromatic rings. The van der Waals surface area contributed by atoms with Crippen LogP contribution in [0.4, 0.5) is 0 Å². The molecule has 2 aromatic heterocycles. The van der Waals surface area contributed by atoms with Crippen LogP contribution in [0.3, 0.4) is 0 Å². The second-order valence-electron chi connectivity index (χ2n) is 7.67. The fourth-order valence-corrected chi connectivity index (χ4v) is 2.69. The third-order valence-corrected chi connectivity index (χ3v) is 4.14. The fourth-order valence-electron chi connectivity index (χ4n) is 2.69. The van der Waals surface area contributed by atoms with Gasteiger partial charge < -0.3 is 19.6 Å². The summed E-state index contributed by atoms with van der Waals surface area (Å²) in [6.07, 6.45) is 3.49. The molecule has 2 heterocycles. The van der Waals surface area contributed by atoms with Crippen LogP contribution in [0.2, 0.25) is 0 Å². The summed E-state index contributed by atoms with van der Waals surface area (Å²) in [6, 6.07) is 11.9. The van der Waals surface area contributed by atoms with E-state index in [1.54, 1.807) is 0 Å². The van der Waals surface area contributed by atoms with Crippen LogP contribution < -0.4 is 10.1 Å². The minimum atomic E-state index is -0.546. The van der Waals surface area contributed by atoms with Crippen molar-refractivity contribution < 1.29 is 9.84 Å². The number of ether oxygens (including phenoxy) is 1. The molecule has 0 fully saturated rings. The zero-order valence-corrected chi connectivity index (χ0v) is 15.9. The van der Waals surface area contributed by atoms with E-state index in [-0.39, 0.29) is 12.1 Å². The maximum Gasteiger partial charge on any atom is 0.140 e. The van der Waals surface area contributed by atoms with Crippen molar-refractivity contribution in [2.24, 2.45) is 0 Å². The Hall–Kier alpha value is -2.37. The Labute approximate surface area is 154 Å². The highest BCUT2D eigenvalue weighted by Gasteiger charge is 2.13. The fraction of sp³-hybridized carbons (Fsp3) is 0.381. The van der Waals surface area contributed by atoms with E-state index in [1.165, 1.54) is 0 Å². The van der Waals surface area contributed by atoms with Gasteiger partial charge in [-0.3, -0.25) is 0 Å². The molecule has 0 radical (unpaired) electrons. The molecule has 138 valence electrons. The number of benzene rings is 1. The quantitative estimate of drug-likeness (QED) is 0.713. The van der Waals surface area contributed by atoms with Gasteiger partial charge in [-0.05, 0) is 63.6 Å². The lowest BCUT2D eigenvalue weighted by molar-refractivity contribution is 0.100. The predicted octanol–water partition coefficient (Wildman–Crippen LogP) is 3.44. The Morgan fingerprint density at radius 1 is 1.19 bits per heavy atom. The Morgan fingerprint density at radius 2 is 1.92 bits per heavy atom. The van der Waals surface area contributed by atoms with Gasteiger partial charge in [-0.15, -0.1) is 0 Å². The third kappa shape index (κ3) is 4.62. The van der Waals surface area contributed by atoms with E-state index >= 15 is 0 Å². The van der Waals surface area contributed by atoms with Gasteiger partial charge in [0.1, 0.15) is 24.1 Å². The third-order valence-electron chi connectivity index (χ3n) is 4.14. The van der Waals surface area contributed by atoms with Crippen molar-refractivity contribution in [2.45, 2.75) is 39.3 Å². The smallest absolute Gasteiger partial charge is 0.140 e. The maximum atomic E-state index is 10.0. The van der Waals surface area contributed by atoms with E-state index < -0.39 is 6.10 Å². The zero-order chi connectivity index (χ0) is 18.7. The number of aliphatic hydroxyl groups excluding tert-OH is 1. The minimum absolute atomic E-state index is 0.0188. The van der Waals surface area contributed by atoms with Gasteiger partial charge in [-0.25, -0.2) is 4.98 Å². The summed E-state index contributed by atoms with van der Waals surface area (Å²) in [5, 5.41) is 13.3. The van der Waals surface area contributed by atoms with Crippen LogP contribution in [0.1, 0.15) is 26.3 Å². The summed E-state index contributed by atoms with van der Waals surface area (Å²) in [4.78, 5) is 4.71. The van der Waals surface area contributed by atoms with Crippen molar-refractivity contribution in [3.8, 4) is 17.0 Å². The predicted molar refractivity (Wildman–Crippen MR) is 105 cm³/mol. The summed E-state index contributed by atoms with van der Waals surface area (Å²) in [7, 11) is 0. The topological polar surface area (TPSA) is 58.8 Å². The van der Waals surface area contributed by atoms with Crippen LogP contribution in [0.25, 0.3) is 16.9 Å². The number of β-amino-alcohol motifs (C(OH)–C–C–N with tert-alkyl or cyclic N) is 1. The Kier molecular flexibility index (Phi) is 5.30. The van der Waals surface area contributed by atoms with Gasteiger partial charge in [-0.2, -0.15) is 0 Å². The van der Waals surface area contributed by atoms with Gasteiger partial charge in [0, 0.05) is 30.0 Å². The Bertz CT molecular complexity index is 863. The standard InChI is InChI=1S/C21H27N3O2/c1-15-6-5-11-24-13-19(23-20(15)24)16-7-9-18(10-8-16)26-14-17(25)12-22-21(2,3)4/h5-11,13,17,22,25H,12,14H2,1-4H3. The first-order valence-corrected chi connectivity index (χ1v) is 8.92. The SMILES string of the molecule is Cc1cccn2cc(-c3ccc(OCC(O)CNC(C)(C)C)cc3)nc12. The molecule has 0 aliphatic heterocycles. The first kappa shape index (κ1) is 18.4. The van der Waals surface area contributed by atoms with Crippen LogP contribution in [-0.2, 0) is 0 Å². The lowest BCUT2D eigenvalue weighted by Crippen LogP contribution is -2.42. The monoisotopic (exact) mass is 353 g/mol. The molecule has 5 nitrogen and oxygen atoms in total. The van der Waals surface area contributed by atoms with E-state index in [0.29, 0.717) is 6.54 Å². The van der Waals surface area contributed by atoms with Gasteiger partial charge in [0.2, 0.25) is 0 Å². The van der Waals surface area contributed by atoms with Gasteiger partial charge in [-0.1, -0.05) is 6.07 Å². The second kappa shape index (κ2) is 7.48. The molecule has 5 heteroatoms. The van der Waals surface area contributed by atoms with Crippen molar-refractivity contribution in [3.63, 3.8) is 0 Å². The highest BCUT2D eigenvalue weighted by Crippen LogP contribution is 2.23. The molecule has 0 spiro atoms. The number of rotatable bonds is 6. The van der Waals surface area contributed by atoms with E-state index in [1.807, 2.05) is 47.1 Å². The van der Waals surface area contributed by atoms with Crippen LogP contribution in [0.15, 0.2) is 48.8 Å². The van der Waals surface area contributed by atoms with E-state index in [0.717, 1.165) is 28.2 Å². The number of pyridine rings is 1. The number of nitrogens with zero attached hydrogens (tertiary/aromatic N) is 2. The van der Waals surface area contributed by atoms with Crippen LogP contribution >= 0.6 is 0 Å². The van der Waals surface area contributed by atoms with Crippen molar-refractivity contribution in [2.75, 3.05) is 13.2 Å². The molecule has 1 aromatic carbocycles. The molecule has 2 N–H and O–H groups in total. The number of imidazole rings is 1. The van der Waals surface area contributed by atoms with Crippen molar-refractivity contribution in [3.05, 3.63) is 54.4 Å². The molecule has 1 atom stereocenters. The molecule has 3 rings (SSSR count). The van der Waals surface area contributed by atoms with E-state index in [4.69, 9.17) is 9.72 Å². The summed E-state index contributed by atoms with van der Waals surface area (Å²) in [5.41, 5.74) is 4.07. The van der Waals surface area contributed by atoms with Gasteiger partial charge >= 0.3 is 0 Å². The van der Waals surface area contributed by atoms with E-state index in [9.17, 15) is 5.11 Å². The van der Waals surface area contributed by atoms with Crippen LogP contribution in [-0.4, -0.2) is 39.3 Å². The van der Waals surface area contributed by atoms with Crippen molar-refractivity contribution in [1.29, 1.82) is 0 Å². The summed E-state index contributed by atoms with van der Waals surface area (Å²) in [6.45, 7) is 9.03. The molecule has 26 heavy (non-hydrogen) atoms. The van der Waals surface area contributed by atoms with Gasteiger partial charge in [0.15, 0.2) is 0 Å². The molecular formula is C21H27N3O2. The summed E-state index contributed by atoms with van der Waals surface area (Å²) >= 11 is 0. The first-order chi connectivity index (χ1) is 12.3. The van der Waals surface area contributed by atoms with Gasteiger partial charge in [0.25, 0.3) is 0 Å².